The van der Waals surface area contributed by atoms with Crippen LogP contribution < -0.4 is 5.32 Å². The number of hydrogen-bond acceptors (Lipinski definition) is 4. The zero-order valence-corrected chi connectivity index (χ0v) is 10.2. The summed E-state index contributed by atoms with van der Waals surface area (Å²) in [7, 11) is 0. The van der Waals surface area contributed by atoms with Crippen LogP contribution in [-0.2, 0) is 9.59 Å². The van der Waals surface area contributed by atoms with Crippen molar-refractivity contribution in [3.05, 3.63) is 29.6 Å². The molecule has 1 atom stereocenters. The van der Waals surface area contributed by atoms with Gasteiger partial charge in [0.15, 0.2) is 0 Å². The molecule has 20 heavy (non-hydrogen) atoms. The van der Waals surface area contributed by atoms with Crippen LogP contribution in [0, 0.1) is 5.82 Å². The largest absolute Gasteiger partial charge is 0.508 e. The first-order valence-electron chi connectivity index (χ1n) is 5.55. The van der Waals surface area contributed by atoms with Crippen LogP contribution in [0.2, 0.25) is 0 Å². The fourth-order valence-corrected chi connectivity index (χ4v) is 1.45. The minimum absolute atomic E-state index is 0.323. The second-order valence-corrected chi connectivity index (χ2v) is 3.96. The van der Waals surface area contributed by atoms with Gasteiger partial charge in [-0.15, -0.1) is 0 Å². The Balaban J connectivity index is 2.80. The molecule has 7 nitrogen and oxygen atoms in total. The van der Waals surface area contributed by atoms with E-state index in [-0.39, 0.29) is 12.2 Å². The van der Waals surface area contributed by atoms with Gasteiger partial charge in [-0.1, -0.05) is 0 Å². The molecule has 0 aliphatic carbocycles. The molecule has 0 heterocycles. The van der Waals surface area contributed by atoms with Crippen molar-refractivity contribution in [1.29, 1.82) is 0 Å². The molecule has 0 aliphatic heterocycles. The van der Waals surface area contributed by atoms with Gasteiger partial charge < -0.3 is 20.6 Å². The highest BCUT2D eigenvalue weighted by Crippen LogP contribution is 2.15. The summed E-state index contributed by atoms with van der Waals surface area (Å²) in [5.41, 5.74) is -0.440. The van der Waals surface area contributed by atoms with Crippen LogP contribution in [0.5, 0.6) is 5.75 Å². The number of phenols is 1. The summed E-state index contributed by atoms with van der Waals surface area (Å²) in [6, 6.07) is 1.34. The van der Waals surface area contributed by atoms with Gasteiger partial charge in [0.2, 0.25) is 0 Å². The van der Waals surface area contributed by atoms with E-state index in [4.69, 9.17) is 15.3 Å². The molecule has 0 saturated carbocycles. The number of aromatic hydroxyl groups is 1. The van der Waals surface area contributed by atoms with Crippen LogP contribution in [0.25, 0.3) is 0 Å². The molecular weight excluding hydrogens is 273 g/mol. The normalized spacial score (nSPS) is 11.7. The summed E-state index contributed by atoms with van der Waals surface area (Å²) in [4.78, 5) is 32.9. The Labute approximate surface area is 112 Å². The zero-order valence-electron chi connectivity index (χ0n) is 10.2. The molecule has 1 aromatic rings. The van der Waals surface area contributed by atoms with E-state index in [1.807, 2.05) is 5.32 Å². The van der Waals surface area contributed by atoms with Crippen molar-refractivity contribution in [2.75, 3.05) is 0 Å². The fourth-order valence-electron chi connectivity index (χ4n) is 1.45. The van der Waals surface area contributed by atoms with E-state index >= 15 is 0 Å². The molecule has 0 saturated heterocycles. The maximum absolute atomic E-state index is 13.4. The molecule has 1 rings (SSSR count). The number of nitrogens with one attached hydrogen (secondary N) is 1. The molecule has 8 heteroatoms. The Morgan fingerprint density at radius 3 is 2.40 bits per heavy atom. The molecule has 0 spiro atoms. The Bertz CT molecular complexity index is 545. The summed E-state index contributed by atoms with van der Waals surface area (Å²) in [6.07, 6.45) is -0.772. The maximum Gasteiger partial charge on any atom is 0.326 e. The monoisotopic (exact) mass is 285 g/mol. The second kappa shape index (κ2) is 6.50. The third kappa shape index (κ3) is 4.23. The molecule has 0 aromatic heterocycles. The molecule has 1 amide bonds. The first-order valence-corrected chi connectivity index (χ1v) is 5.55. The molecule has 1 unspecified atom stereocenters. The van der Waals surface area contributed by atoms with Crippen LogP contribution in [0.4, 0.5) is 4.39 Å². The highest BCUT2D eigenvalue weighted by Gasteiger charge is 2.23. The molecule has 108 valence electrons. The van der Waals surface area contributed by atoms with Crippen molar-refractivity contribution >= 4 is 17.8 Å². The van der Waals surface area contributed by atoms with Gasteiger partial charge in [-0.05, 0) is 18.6 Å². The lowest BCUT2D eigenvalue weighted by molar-refractivity contribution is -0.140. The molecule has 0 radical (unpaired) electrons. The van der Waals surface area contributed by atoms with Crippen LogP contribution in [0.3, 0.4) is 0 Å². The number of carboxylic acids is 2. The van der Waals surface area contributed by atoms with Crippen LogP contribution in [0.1, 0.15) is 23.2 Å². The van der Waals surface area contributed by atoms with E-state index in [2.05, 4.69) is 0 Å². The number of carboxylic acid groups (broad SMARTS) is 2. The Kier molecular flexibility index (Phi) is 5.01. The SMILES string of the molecule is O=C(O)CCC(NC(=O)c1ccc(O)cc1F)C(=O)O. The molecule has 1 aromatic carbocycles. The van der Waals surface area contributed by atoms with Crippen molar-refractivity contribution in [2.45, 2.75) is 18.9 Å². The number of rotatable bonds is 6. The average molecular weight is 285 g/mol. The third-order valence-corrected chi connectivity index (χ3v) is 2.45. The Hall–Kier alpha value is -2.64. The van der Waals surface area contributed by atoms with Crippen LogP contribution in [0.15, 0.2) is 18.2 Å². The average Bonchev–Trinajstić information content (AvgIpc) is 2.33. The highest BCUT2D eigenvalue weighted by molar-refractivity contribution is 5.97. The van der Waals surface area contributed by atoms with Crippen molar-refractivity contribution < 1.29 is 34.1 Å². The first-order chi connectivity index (χ1) is 9.31. The van der Waals surface area contributed by atoms with Crippen molar-refractivity contribution in [2.24, 2.45) is 0 Å². The lowest BCUT2D eigenvalue weighted by Gasteiger charge is -2.13. The molecule has 0 bridgehead atoms. The van der Waals surface area contributed by atoms with Crippen LogP contribution >= 0.6 is 0 Å². The van der Waals surface area contributed by atoms with Gasteiger partial charge in [0, 0.05) is 12.5 Å². The summed E-state index contributed by atoms with van der Waals surface area (Å²) in [6.45, 7) is 0. The lowest BCUT2D eigenvalue weighted by Crippen LogP contribution is -2.41. The van der Waals surface area contributed by atoms with Gasteiger partial charge >= 0.3 is 11.9 Å². The standard InChI is InChI=1S/C12H12FNO6/c13-8-5-6(15)1-2-7(8)11(18)14-9(12(19)20)3-4-10(16)17/h1-2,5,9,15H,3-4H2,(H,14,18)(H,16,17)(H,19,20). The lowest BCUT2D eigenvalue weighted by atomic mass is 10.1. The summed E-state index contributed by atoms with van der Waals surface area (Å²) < 4.78 is 13.4. The number of phenolic OH excluding ortho intramolecular Hbond substituents is 1. The Morgan fingerprint density at radius 2 is 1.90 bits per heavy atom. The number of benzene rings is 1. The molecule has 0 fully saturated rings. The summed E-state index contributed by atoms with van der Waals surface area (Å²) >= 11 is 0. The number of hydrogen-bond donors (Lipinski definition) is 4. The summed E-state index contributed by atoms with van der Waals surface area (Å²) in [5, 5.41) is 28.4. The molecule has 0 aliphatic rings. The maximum atomic E-state index is 13.4. The van der Waals surface area contributed by atoms with Crippen molar-refractivity contribution in [3.8, 4) is 5.75 Å². The smallest absolute Gasteiger partial charge is 0.326 e. The van der Waals surface area contributed by atoms with E-state index in [0.717, 1.165) is 12.1 Å². The number of carbonyl (C=O) groups excluding carboxylic acids is 1. The Morgan fingerprint density at radius 1 is 1.25 bits per heavy atom. The number of aliphatic carboxylic acids is 2. The number of halogens is 1. The van der Waals surface area contributed by atoms with E-state index in [1.165, 1.54) is 0 Å². The van der Waals surface area contributed by atoms with Gasteiger partial charge in [0.1, 0.15) is 17.6 Å². The van der Waals surface area contributed by atoms with Crippen molar-refractivity contribution in [3.63, 3.8) is 0 Å². The van der Waals surface area contributed by atoms with Gasteiger partial charge in [-0.3, -0.25) is 9.59 Å². The zero-order chi connectivity index (χ0) is 15.3. The van der Waals surface area contributed by atoms with Gasteiger partial charge in [0.05, 0.1) is 5.56 Å². The minimum atomic E-state index is -1.44. The van der Waals surface area contributed by atoms with E-state index in [1.54, 1.807) is 0 Å². The van der Waals surface area contributed by atoms with Crippen LogP contribution in [-0.4, -0.2) is 39.2 Å². The number of carbonyl (C=O) groups is 3. The predicted molar refractivity (Wildman–Crippen MR) is 63.8 cm³/mol. The fraction of sp³-hybridized carbons (Fsp3) is 0.250. The minimum Gasteiger partial charge on any atom is -0.508 e. The van der Waals surface area contributed by atoms with Gasteiger partial charge in [-0.2, -0.15) is 0 Å². The predicted octanol–water partition coefficient (Wildman–Crippen LogP) is 0.579. The highest BCUT2D eigenvalue weighted by atomic mass is 19.1. The van der Waals surface area contributed by atoms with Gasteiger partial charge in [0.25, 0.3) is 5.91 Å². The molecule has 4 N–H and O–H groups in total. The first kappa shape index (κ1) is 15.4. The van der Waals surface area contributed by atoms with E-state index < -0.39 is 41.7 Å². The van der Waals surface area contributed by atoms with E-state index in [9.17, 15) is 18.8 Å². The molecular formula is C12H12FNO6. The van der Waals surface area contributed by atoms with Crippen molar-refractivity contribution in [1.82, 2.24) is 5.32 Å². The quantitative estimate of drug-likeness (QED) is 0.606. The topological polar surface area (TPSA) is 124 Å². The number of amides is 1. The van der Waals surface area contributed by atoms with Gasteiger partial charge in [-0.25, -0.2) is 9.18 Å². The summed E-state index contributed by atoms with van der Waals surface area (Å²) in [5.74, 6) is -5.01. The second-order valence-electron chi connectivity index (χ2n) is 3.96. The third-order valence-electron chi connectivity index (χ3n) is 2.45. The van der Waals surface area contributed by atoms with E-state index in [0.29, 0.717) is 6.07 Å².